The Balaban J connectivity index is 1.53. The maximum atomic E-state index is 12.5. The van der Waals surface area contributed by atoms with Gasteiger partial charge in [0.15, 0.2) is 16.7 Å². The van der Waals surface area contributed by atoms with Crippen molar-refractivity contribution in [1.29, 1.82) is 0 Å². The molecule has 0 radical (unpaired) electrons. The Morgan fingerprint density at radius 3 is 2.65 bits per heavy atom. The maximum absolute atomic E-state index is 12.5. The van der Waals surface area contributed by atoms with Crippen molar-refractivity contribution in [2.24, 2.45) is 4.99 Å². The van der Waals surface area contributed by atoms with Crippen molar-refractivity contribution in [3.8, 4) is 11.5 Å². The zero-order valence-corrected chi connectivity index (χ0v) is 20.9. The van der Waals surface area contributed by atoms with E-state index in [2.05, 4.69) is 10.3 Å². The van der Waals surface area contributed by atoms with Crippen LogP contribution in [0.4, 0.5) is 5.69 Å². The molecule has 0 aromatic heterocycles. The molecule has 34 heavy (non-hydrogen) atoms. The number of carbonyl (C=O) groups is 1. The number of amides is 1. The molecule has 1 N–H and O–H groups in total. The molecule has 1 fully saturated rings. The van der Waals surface area contributed by atoms with Crippen LogP contribution in [0, 0.1) is 6.92 Å². The van der Waals surface area contributed by atoms with E-state index in [1.54, 1.807) is 12.1 Å². The number of thioether (sulfide) groups is 1. The molecule has 8 heteroatoms. The van der Waals surface area contributed by atoms with Crippen LogP contribution in [-0.2, 0) is 11.4 Å². The summed E-state index contributed by atoms with van der Waals surface area (Å²) >= 11 is 13.6. The van der Waals surface area contributed by atoms with Gasteiger partial charge in [-0.25, -0.2) is 4.99 Å². The number of rotatable bonds is 7. The van der Waals surface area contributed by atoms with Crippen LogP contribution < -0.4 is 14.8 Å². The highest BCUT2D eigenvalue weighted by Crippen LogP contribution is 2.34. The lowest BCUT2D eigenvalue weighted by atomic mass is 10.2. The Labute approximate surface area is 212 Å². The number of aryl methyl sites for hydroxylation is 1. The molecule has 1 aliphatic heterocycles. The lowest BCUT2D eigenvalue weighted by Crippen LogP contribution is -2.19. The van der Waals surface area contributed by atoms with Crippen LogP contribution in [0.2, 0.25) is 10.0 Å². The maximum Gasteiger partial charge on any atom is 0.264 e. The molecular formula is C26H22Cl2N2O3S. The van der Waals surface area contributed by atoms with E-state index in [4.69, 9.17) is 32.7 Å². The predicted molar refractivity (Wildman–Crippen MR) is 140 cm³/mol. The molecule has 3 aromatic carbocycles. The van der Waals surface area contributed by atoms with Crippen molar-refractivity contribution in [2.75, 3.05) is 6.61 Å². The Hall–Kier alpha value is -2.93. The van der Waals surface area contributed by atoms with Crippen molar-refractivity contribution < 1.29 is 14.3 Å². The van der Waals surface area contributed by atoms with Gasteiger partial charge in [-0.3, -0.25) is 4.79 Å². The largest absolute Gasteiger partial charge is 0.490 e. The Bertz CT molecular complexity index is 1290. The van der Waals surface area contributed by atoms with E-state index in [1.165, 1.54) is 11.8 Å². The first-order valence-electron chi connectivity index (χ1n) is 10.6. The van der Waals surface area contributed by atoms with Crippen LogP contribution in [0.25, 0.3) is 6.08 Å². The summed E-state index contributed by atoms with van der Waals surface area (Å²) in [5.74, 6) is 0.988. The highest BCUT2D eigenvalue weighted by molar-refractivity contribution is 8.18. The quantitative estimate of drug-likeness (QED) is 0.340. The van der Waals surface area contributed by atoms with E-state index in [1.807, 2.05) is 68.4 Å². The van der Waals surface area contributed by atoms with Gasteiger partial charge in [-0.15, -0.1) is 0 Å². The van der Waals surface area contributed by atoms with E-state index < -0.39 is 0 Å². The summed E-state index contributed by atoms with van der Waals surface area (Å²) in [5, 5.41) is 4.56. The highest BCUT2D eigenvalue weighted by atomic mass is 35.5. The van der Waals surface area contributed by atoms with Crippen molar-refractivity contribution in [3.63, 3.8) is 0 Å². The highest BCUT2D eigenvalue weighted by Gasteiger charge is 2.24. The van der Waals surface area contributed by atoms with Crippen LogP contribution >= 0.6 is 35.0 Å². The lowest BCUT2D eigenvalue weighted by Gasteiger charge is -2.13. The number of aliphatic imine (C=N–C) groups is 1. The van der Waals surface area contributed by atoms with E-state index in [-0.39, 0.29) is 5.91 Å². The number of hydrogen-bond acceptors (Lipinski definition) is 5. The predicted octanol–water partition coefficient (Wildman–Crippen LogP) is 7.17. The molecule has 4 rings (SSSR count). The fraction of sp³-hybridized carbons (Fsp3) is 0.154. The summed E-state index contributed by atoms with van der Waals surface area (Å²) in [6, 6.07) is 18.6. The number of nitrogens with zero attached hydrogens (tertiary/aromatic N) is 1. The molecule has 0 aliphatic carbocycles. The summed E-state index contributed by atoms with van der Waals surface area (Å²) in [6.07, 6.45) is 1.80. The van der Waals surface area contributed by atoms with Gasteiger partial charge in [-0.1, -0.05) is 53.5 Å². The fourth-order valence-electron chi connectivity index (χ4n) is 3.22. The van der Waals surface area contributed by atoms with Crippen LogP contribution in [0.1, 0.15) is 23.6 Å². The minimum Gasteiger partial charge on any atom is -0.490 e. The van der Waals surface area contributed by atoms with Gasteiger partial charge >= 0.3 is 0 Å². The third-order valence-corrected chi connectivity index (χ3v) is 6.46. The first kappa shape index (κ1) is 24.2. The minimum atomic E-state index is -0.208. The SMILES string of the molecule is CCOc1cc(/C=C2\SC(=Nc3cc(Cl)ccc3C)NC2=O)ccc1OCc1ccccc1Cl. The zero-order valence-electron chi connectivity index (χ0n) is 18.6. The molecule has 1 saturated heterocycles. The van der Waals surface area contributed by atoms with Crippen molar-refractivity contribution in [1.82, 2.24) is 5.32 Å². The van der Waals surface area contributed by atoms with Crippen molar-refractivity contribution in [2.45, 2.75) is 20.5 Å². The number of nitrogens with one attached hydrogen (secondary N) is 1. The number of amidine groups is 1. The van der Waals surface area contributed by atoms with Gasteiger partial charge < -0.3 is 14.8 Å². The van der Waals surface area contributed by atoms with Gasteiger partial charge in [0, 0.05) is 15.6 Å². The minimum absolute atomic E-state index is 0.208. The molecule has 0 unspecified atom stereocenters. The Kier molecular flexibility index (Phi) is 7.83. The monoisotopic (exact) mass is 512 g/mol. The molecule has 0 bridgehead atoms. The average Bonchev–Trinajstić information content (AvgIpc) is 3.15. The third kappa shape index (κ3) is 5.95. The van der Waals surface area contributed by atoms with E-state index >= 15 is 0 Å². The fourth-order valence-corrected chi connectivity index (χ4v) is 4.41. The Morgan fingerprint density at radius 2 is 1.85 bits per heavy atom. The zero-order chi connectivity index (χ0) is 24.1. The molecule has 1 aliphatic rings. The molecule has 1 amide bonds. The summed E-state index contributed by atoms with van der Waals surface area (Å²) in [5.41, 5.74) is 3.39. The lowest BCUT2D eigenvalue weighted by molar-refractivity contribution is -0.115. The van der Waals surface area contributed by atoms with Gasteiger partial charge in [-0.2, -0.15) is 0 Å². The number of benzene rings is 3. The van der Waals surface area contributed by atoms with E-state index in [0.717, 1.165) is 22.4 Å². The van der Waals surface area contributed by atoms with E-state index in [9.17, 15) is 4.79 Å². The number of carbonyl (C=O) groups excluding carboxylic acids is 1. The molecule has 3 aromatic rings. The van der Waals surface area contributed by atoms with Gasteiger partial charge in [0.2, 0.25) is 0 Å². The van der Waals surface area contributed by atoms with Crippen molar-refractivity contribution >= 4 is 57.8 Å². The first-order chi connectivity index (χ1) is 16.4. The van der Waals surface area contributed by atoms with Gasteiger partial charge in [0.05, 0.1) is 17.2 Å². The molecule has 0 spiro atoms. The second-order valence-electron chi connectivity index (χ2n) is 7.43. The van der Waals surface area contributed by atoms with Crippen molar-refractivity contribution in [3.05, 3.63) is 92.3 Å². The number of ether oxygens (including phenoxy) is 2. The van der Waals surface area contributed by atoms with Gasteiger partial charge in [0.25, 0.3) is 5.91 Å². The molecule has 0 saturated carbocycles. The number of hydrogen-bond donors (Lipinski definition) is 1. The summed E-state index contributed by atoms with van der Waals surface area (Å²) in [4.78, 5) is 17.6. The second-order valence-corrected chi connectivity index (χ2v) is 9.31. The molecule has 174 valence electrons. The second kappa shape index (κ2) is 11.0. The summed E-state index contributed by atoms with van der Waals surface area (Å²) in [6.45, 7) is 4.65. The topological polar surface area (TPSA) is 59.9 Å². The number of halogens is 2. The third-order valence-electron chi connectivity index (χ3n) is 4.95. The molecule has 5 nitrogen and oxygen atoms in total. The van der Waals surface area contributed by atoms with Crippen LogP contribution in [0.15, 0.2) is 70.6 Å². The molecule has 1 heterocycles. The Morgan fingerprint density at radius 1 is 1.03 bits per heavy atom. The van der Waals surface area contributed by atoms with Gasteiger partial charge in [0.1, 0.15) is 6.61 Å². The van der Waals surface area contributed by atoms with Crippen LogP contribution in [0.3, 0.4) is 0 Å². The summed E-state index contributed by atoms with van der Waals surface area (Å²) < 4.78 is 11.7. The van der Waals surface area contributed by atoms with E-state index in [0.29, 0.717) is 44.8 Å². The standard InChI is InChI=1S/C26H22Cl2N2O3S/c1-3-32-23-12-17(9-11-22(23)33-15-18-6-4-5-7-20(18)28)13-24-25(31)30-26(34-24)29-21-14-19(27)10-8-16(21)2/h4-14H,3,15H2,1-2H3,(H,29,30,31)/b24-13-. The summed E-state index contributed by atoms with van der Waals surface area (Å²) in [7, 11) is 0. The smallest absolute Gasteiger partial charge is 0.264 e. The average molecular weight is 513 g/mol. The molecular weight excluding hydrogens is 491 g/mol. The molecule has 0 atom stereocenters. The van der Waals surface area contributed by atoms with Gasteiger partial charge in [-0.05, 0) is 73.1 Å². The first-order valence-corrected chi connectivity index (χ1v) is 12.2. The normalized spacial score (nSPS) is 15.6. The van der Waals surface area contributed by atoms with Crippen LogP contribution in [-0.4, -0.2) is 17.7 Å². The van der Waals surface area contributed by atoms with Crippen LogP contribution in [0.5, 0.6) is 11.5 Å².